The summed E-state index contributed by atoms with van der Waals surface area (Å²) >= 11 is 0. The first-order chi connectivity index (χ1) is 17.0. The summed E-state index contributed by atoms with van der Waals surface area (Å²) < 4.78 is 5.51. The molecule has 4 rings (SSSR count). The van der Waals surface area contributed by atoms with Crippen LogP contribution in [0.1, 0.15) is 48.9 Å². The lowest BCUT2D eigenvalue weighted by molar-refractivity contribution is -0.137. The minimum Gasteiger partial charge on any atom is -0.481 e. The van der Waals surface area contributed by atoms with Gasteiger partial charge in [0, 0.05) is 24.1 Å². The second-order valence-electron chi connectivity index (χ2n) is 8.47. The van der Waals surface area contributed by atoms with Crippen LogP contribution in [0.2, 0.25) is 0 Å². The highest BCUT2D eigenvalue weighted by molar-refractivity contribution is 5.96. The quantitative estimate of drug-likeness (QED) is 0.349. The first kappa shape index (κ1) is 24.0. The van der Waals surface area contributed by atoms with Crippen LogP contribution in [-0.2, 0) is 20.7 Å². The van der Waals surface area contributed by atoms with Crippen molar-refractivity contribution in [1.82, 2.24) is 15.5 Å². The molecule has 0 radical (unpaired) electrons. The number of aryl methyl sites for hydroxylation is 1. The van der Waals surface area contributed by atoms with Crippen molar-refractivity contribution in [2.24, 2.45) is 0 Å². The molecule has 3 aromatic rings. The highest BCUT2D eigenvalue weighted by Crippen LogP contribution is 2.44. The Bertz CT molecular complexity index is 1180. The molecule has 1 aliphatic rings. The summed E-state index contributed by atoms with van der Waals surface area (Å²) in [6, 6.07) is 16.6. The van der Waals surface area contributed by atoms with Crippen LogP contribution >= 0.6 is 0 Å². The first-order valence-electron chi connectivity index (χ1n) is 11.6. The van der Waals surface area contributed by atoms with Crippen molar-refractivity contribution >= 4 is 23.8 Å². The number of ether oxygens (including phenoxy) is 1. The minimum atomic E-state index is -1.09. The minimum absolute atomic E-state index is 0.0857. The zero-order valence-electron chi connectivity index (χ0n) is 19.4. The fourth-order valence-electron chi connectivity index (χ4n) is 4.36. The number of carbonyl (C=O) groups is 3. The lowest BCUT2D eigenvalue weighted by atomic mass is 9.98. The zero-order valence-corrected chi connectivity index (χ0v) is 19.4. The number of H-pyrrole nitrogens is 1. The normalized spacial score (nSPS) is 12.9. The number of nitrogens with one attached hydrogen (secondary N) is 3. The van der Waals surface area contributed by atoms with Gasteiger partial charge in [-0.2, -0.15) is 5.10 Å². The summed E-state index contributed by atoms with van der Waals surface area (Å²) in [6.45, 7) is 2.12. The number of nitrogens with zero attached hydrogens (tertiary/aromatic N) is 1. The van der Waals surface area contributed by atoms with E-state index >= 15 is 0 Å². The van der Waals surface area contributed by atoms with Crippen molar-refractivity contribution in [2.45, 2.75) is 44.6 Å². The Hall–Kier alpha value is -4.14. The number of hydrogen-bond acceptors (Lipinski definition) is 5. The number of aliphatic carboxylic acids is 1. The van der Waals surface area contributed by atoms with Crippen molar-refractivity contribution in [1.29, 1.82) is 0 Å². The van der Waals surface area contributed by atoms with Gasteiger partial charge in [0.05, 0.1) is 0 Å². The third-order valence-corrected chi connectivity index (χ3v) is 6.00. The van der Waals surface area contributed by atoms with E-state index < -0.39 is 24.0 Å². The monoisotopic (exact) mass is 476 g/mol. The molecule has 35 heavy (non-hydrogen) atoms. The van der Waals surface area contributed by atoms with Gasteiger partial charge in [-0.1, -0.05) is 61.9 Å². The number of amides is 2. The molecule has 1 aromatic heterocycles. The van der Waals surface area contributed by atoms with Crippen LogP contribution in [0, 0.1) is 0 Å². The Morgan fingerprint density at radius 2 is 1.74 bits per heavy atom. The van der Waals surface area contributed by atoms with E-state index in [0.717, 1.165) is 40.8 Å². The van der Waals surface area contributed by atoms with Gasteiger partial charge in [0.2, 0.25) is 5.91 Å². The highest BCUT2D eigenvalue weighted by atomic mass is 16.5. The number of carboxylic acid groups (broad SMARTS) is 1. The SMILES string of the molecule is CCCc1cc(NC(=O)C(CCC(=O)O)NC(=O)OCC2c3ccccc3-c3ccccc32)n[nH]1. The van der Waals surface area contributed by atoms with Gasteiger partial charge < -0.3 is 20.5 Å². The molecule has 4 N–H and O–H groups in total. The van der Waals surface area contributed by atoms with Gasteiger partial charge in [-0.3, -0.25) is 14.7 Å². The molecule has 0 saturated heterocycles. The predicted octanol–water partition coefficient (Wildman–Crippen LogP) is 4.07. The molecule has 0 fully saturated rings. The number of anilines is 1. The number of aromatic amines is 1. The second-order valence-corrected chi connectivity index (χ2v) is 8.47. The molecule has 1 unspecified atom stereocenters. The number of fused-ring (bicyclic) bond motifs is 3. The third-order valence-electron chi connectivity index (χ3n) is 6.00. The largest absolute Gasteiger partial charge is 0.481 e. The summed E-state index contributed by atoms with van der Waals surface area (Å²) in [4.78, 5) is 36.5. The first-order valence-corrected chi connectivity index (χ1v) is 11.6. The molecule has 1 aliphatic carbocycles. The molecule has 182 valence electrons. The van der Waals surface area contributed by atoms with Gasteiger partial charge in [-0.05, 0) is 35.1 Å². The third kappa shape index (κ3) is 5.68. The van der Waals surface area contributed by atoms with Crippen molar-refractivity contribution in [3.8, 4) is 11.1 Å². The Balaban J connectivity index is 1.40. The standard InChI is InChI=1S/C26H28N4O5/c1-2-7-16-14-23(30-29-16)28-25(33)22(12-13-24(31)32)27-26(34)35-15-21-19-10-5-3-8-17(19)18-9-4-6-11-20(18)21/h3-6,8-11,14,21-22H,2,7,12-13,15H2,1H3,(H,27,34)(H,31,32)(H2,28,29,30,33). The maximum absolute atomic E-state index is 12.8. The van der Waals surface area contributed by atoms with Crippen LogP contribution in [0.15, 0.2) is 54.6 Å². The number of benzene rings is 2. The molecule has 1 heterocycles. The summed E-state index contributed by atoms with van der Waals surface area (Å²) in [5.41, 5.74) is 5.23. The van der Waals surface area contributed by atoms with Gasteiger partial charge in [0.25, 0.3) is 0 Å². The maximum Gasteiger partial charge on any atom is 0.407 e. The molecular formula is C26H28N4O5. The number of aromatic nitrogens is 2. The van der Waals surface area contributed by atoms with Gasteiger partial charge in [0.15, 0.2) is 5.82 Å². The summed E-state index contributed by atoms with van der Waals surface area (Å²) in [5.74, 6) is -1.44. The van der Waals surface area contributed by atoms with E-state index in [0.29, 0.717) is 5.82 Å². The number of alkyl carbamates (subject to hydrolysis) is 1. The van der Waals surface area contributed by atoms with Crippen LogP contribution < -0.4 is 10.6 Å². The number of rotatable bonds is 10. The second kappa shape index (κ2) is 10.9. The van der Waals surface area contributed by atoms with E-state index in [1.807, 2.05) is 55.5 Å². The van der Waals surface area contributed by atoms with Crippen molar-refractivity contribution < 1.29 is 24.2 Å². The summed E-state index contributed by atoms with van der Waals surface area (Å²) in [5, 5.41) is 21.1. The molecule has 1 atom stereocenters. The van der Waals surface area contributed by atoms with E-state index in [1.54, 1.807) is 6.07 Å². The molecule has 0 spiro atoms. The lowest BCUT2D eigenvalue weighted by Gasteiger charge is -2.19. The van der Waals surface area contributed by atoms with Crippen LogP contribution in [0.25, 0.3) is 11.1 Å². The van der Waals surface area contributed by atoms with Gasteiger partial charge in [0.1, 0.15) is 12.6 Å². The number of carbonyl (C=O) groups excluding carboxylic acids is 2. The van der Waals surface area contributed by atoms with Gasteiger partial charge in [-0.25, -0.2) is 4.79 Å². The van der Waals surface area contributed by atoms with E-state index in [9.17, 15) is 14.4 Å². The van der Waals surface area contributed by atoms with Gasteiger partial charge in [-0.15, -0.1) is 0 Å². The number of carboxylic acids is 1. The van der Waals surface area contributed by atoms with Crippen molar-refractivity contribution in [2.75, 3.05) is 11.9 Å². The Kier molecular flexibility index (Phi) is 7.45. The Morgan fingerprint density at radius 1 is 1.09 bits per heavy atom. The summed E-state index contributed by atoms with van der Waals surface area (Å²) in [7, 11) is 0. The highest BCUT2D eigenvalue weighted by Gasteiger charge is 2.30. The molecule has 9 heteroatoms. The van der Waals surface area contributed by atoms with E-state index in [4.69, 9.17) is 9.84 Å². The topological polar surface area (TPSA) is 133 Å². The van der Waals surface area contributed by atoms with Gasteiger partial charge >= 0.3 is 12.1 Å². The van der Waals surface area contributed by atoms with Crippen LogP contribution in [0.4, 0.5) is 10.6 Å². The van der Waals surface area contributed by atoms with Crippen LogP contribution in [0.5, 0.6) is 0 Å². The summed E-state index contributed by atoms with van der Waals surface area (Å²) in [6.07, 6.45) is 0.538. The molecule has 0 aliphatic heterocycles. The number of hydrogen-bond donors (Lipinski definition) is 4. The smallest absolute Gasteiger partial charge is 0.407 e. The fraction of sp³-hybridized carbons (Fsp3) is 0.308. The van der Waals surface area contributed by atoms with Crippen LogP contribution in [0.3, 0.4) is 0 Å². The average molecular weight is 477 g/mol. The van der Waals surface area contributed by atoms with Crippen molar-refractivity contribution in [3.05, 3.63) is 71.4 Å². The predicted molar refractivity (Wildman–Crippen MR) is 130 cm³/mol. The fourth-order valence-corrected chi connectivity index (χ4v) is 4.36. The molecule has 2 amide bonds. The van der Waals surface area contributed by atoms with E-state index in [1.165, 1.54) is 0 Å². The molecule has 0 bridgehead atoms. The Labute approximate surface area is 202 Å². The average Bonchev–Trinajstić information content (AvgIpc) is 3.42. The van der Waals surface area contributed by atoms with Crippen molar-refractivity contribution in [3.63, 3.8) is 0 Å². The van der Waals surface area contributed by atoms with E-state index in [2.05, 4.69) is 20.8 Å². The molecule has 9 nitrogen and oxygen atoms in total. The Morgan fingerprint density at radius 3 is 2.37 bits per heavy atom. The van der Waals surface area contributed by atoms with E-state index in [-0.39, 0.29) is 25.4 Å². The van der Waals surface area contributed by atoms with Crippen LogP contribution in [-0.4, -0.2) is 45.9 Å². The lowest BCUT2D eigenvalue weighted by Crippen LogP contribution is -2.44. The molecule has 0 saturated carbocycles. The molecule has 2 aromatic carbocycles. The zero-order chi connectivity index (χ0) is 24.8. The molecular weight excluding hydrogens is 448 g/mol. The maximum atomic E-state index is 12.8.